The number of carbonyl (C=O) groups excluding carboxylic acids is 1. The van der Waals surface area contributed by atoms with Crippen molar-refractivity contribution in [2.75, 3.05) is 19.6 Å². The molecule has 1 aliphatic rings. The molecule has 0 spiro atoms. The first-order valence-corrected chi connectivity index (χ1v) is 7.97. The van der Waals surface area contributed by atoms with Gasteiger partial charge in [-0.1, -0.05) is 6.07 Å². The molecule has 1 amide bonds. The molecule has 1 saturated heterocycles. The number of carbonyl (C=O) groups is 1. The molecule has 1 aromatic heterocycles. The Hall–Kier alpha value is -1.62. The first-order valence-electron chi connectivity index (χ1n) is 7.97. The molecule has 2 rings (SSSR count). The molecule has 0 bridgehead atoms. The van der Waals surface area contributed by atoms with Crippen molar-refractivity contribution in [1.82, 2.24) is 15.2 Å². The van der Waals surface area contributed by atoms with Gasteiger partial charge in [-0.15, -0.1) is 0 Å². The Balaban J connectivity index is 1.76. The molecule has 1 aliphatic heterocycles. The van der Waals surface area contributed by atoms with E-state index >= 15 is 0 Å². The van der Waals surface area contributed by atoms with Crippen LogP contribution in [0.1, 0.15) is 45.9 Å². The Labute approximate surface area is 133 Å². The predicted octanol–water partition coefficient (Wildman–Crippen LogP) is 2.99. The summed E-state index contributed by atoms with van der Waals surface area (Å²) in [5.74, 6) is 0.471. The smallest absolute Gasteiger partial charge is 0.410 e. The van der Waals surface area contributed by atoms with Crippen LogP contribution in [0, 0.1) is 5.92 Å². The number of hydrogen-bond donors (Lipinski definition) is 1. The fourth-order valence-corrected chi connectivity index (χ4v) is 2.57. The van der Waals surface area contributed by atoms with E-state index in [1.165, 1.54) is 0 Å². The Kier molecular flexibility index (Phi) is 5.40. The Morgan fingerprint density at radius 3 is 2.91 bits per heavy atom. The van der Waals surface area contributed by atoms with Gasteiger partial charge in [0.25, 0.3) is 0 Å². The molecular formula is C17H27N3O2. The van der Waals surface area contributed by atoms with Crippen LogP contribution < -0.4 is 5.32 Å². The third kappa shape index (κ3) is 4.98. The number of nitrogens with one attached hydrogen (secondary N) is 1. The number of amides is 1. The molecule has 0 saturated carbocycles. The second-order valence-corrected chi connectivity index (χ2v) is 6.97. The SMILES string of the molecule is C[C@@H](NC[C@H]1CCN(C(=O)OC(C)(C)C)C1)c1ccccn1. The lowest BCUT2D eigenvalue weighted by atomic mass is 10.1. The van der Waals surface area contributed by atoms with Crippen LogP contribution in [0.15, 0.2) is 24.4 Å². The maximum atomic E-state index is 12.0. The molecular weight excluding hydrogens is 278 g/mol. The minimum Gasteiger partial charge on any atom is -0.444 e. The Morgan fingerprint density at radius 1 is 1.50 bits per heavy atom. The second-order valence-electron chi connectivity index (χ2n) is 6.97. The molecule has 22 heavy (non-hydrogen) atoms. The molecule has 1 aromatic rings. The van der Waals surface area contributed by atoms with E-state index in [1.54, 1.807) is 0 Å². The Morgan fingerprint density at radius 2 is 2.27 bits per heavy atom. The zero-order valence-corrected chi connectivity index (χ0v) is 14.0. The highest BCUT2D eigenvalue weighted by Gasteiger charge is 2.29. The van der Waals surface area contributed by atoms with Gasteiger partial charge in [0.2, 0.25) is 0 Å². The number of pyridine rings is 1. The van der Waals surface area contributed by atoms with Crippen molar-refractivity contribution in [3.63, 3.8) is 0 Å². The summed E-state index contributed by atoms with van der Waals surface area (Å²) in [6.07, 6.45) is 2.63. The maximum absolute atomic E-state index is 12.0. The van der Waals surface area contributed by atoms with E-state index in [0.29, 0.717) is 5.92 Å². The van der Waals surface area contributed by atoms with E-state index in [9.17, 15) is 4.79 Å². The van der Waals surface area contributed by atoms with Gasteiger partial charge in [0.1, 0.15) is 5.60 Å². The standard InChI is InChI=1S/C17H27N3O2/c1-13(15-7-5-6-9-18-15)19-11-14-8-10-20(12-14)16(21)22-17(2,3)4/h5-7,9,13-14,19H,8,10-12H2,1-4H3/t13-,14-/m1/s1. The van der Waals surface area contributed by atoms with Crippen LogP contribution in [0.4, 0.5) is 4.79 Å². The fourth-order valence-electron chi connectivity index (χ4n) is 2.57. The summed E-state index contributed by atoms with van der Waals surface area (Å²) in [5, 5.41) is 3.51. The van der Waals surface area contributed by atoms with Crippen LogP contribution >= 0.6 is 0 Å². The summed E-state index contributed by atoms with van der Waals surface area (Å²) < 4.78 is 5.42. The molecule has 2 heterocycles. The lowest BCUT2D eigenvalue weighted by molar-refractivity contribution is 0.0288. The van der Waals surface area contributed by atoms with Gasteiger partial charge in [0.15, 0.2) is 0 Å². The van der Waals surface area contributed by atoms with Crippen LogP contribution in [-0.4, -0.2) is 41.2 Å². The summed E-state index contributed by atoms with van der Waals surface area (Å²) >= 11 is 0. The fraction of sp³-hybridized carbons (Fsp3) is 0.647. The molecule has 0 radical (unpaired) electrons. The lowest BCUT2D eigenvalue weighted by Crippen LogP contribution is -2.36. The van der Waals surface area contributed by atoms with Gasteiger partial charge in [-0.25, -0.2) is 4.79 Å². The number of aromatic nitrogens is 1. The number of ether oxygens (including phenoxy) is 1. The normalized spacial score (nSPS) is 20.0. The van der Waals surface area contributed by atoms with E-state index in [4.69, 9.17) is 4.74 Å². The van der Waals surface area contributed by atoms with Gasteiger partial charge in [-0.05, 0) is 52.2 Å². The molecule has 1 N–H and O–H groups in total. The molecule has 122 valence electrons. The van der Waals surface area contributed by atoms with Crippen molar-refractivity contribution >= 4 is 6.09 Å². The van der Waals surface area contributed by atoms with E-state index in [1.807, 2.05) is 50.1 Å². The van der Waals surface area contributed by atoms with Crippen LogP contribution in [0.5, 0.6) is 0 Å². The number of rotatable bonds is 4. The minimum absolute atomic E-state index is 0.201. The minimum atomic E-state index is -0.430. The average Bonchev–Trinajstić information content (AvgIpc) is 2.93. The van der Waals surface area contributed by atoms with Gasteiger partial charge in [-0.2, -0.15) is 0 Å². The van der Waals surface area contributed by atoms with Crippen LogP contribution in [0.25, 0.3) is 0 Å². The maximum Gasteiger partial charge on any atom is 0.410 e. The number of nitrogens with zero attached hydrogens (tertiary/aromatic N) is 2. The van der Waals surface area contributed by atoms with Gasteiger partial charge in [0, 0.05) is 31.9 Å². The van der Waals surface area contributed by atoms with Crippen molar-refractivity contribution < 1.29 is 9.53 Å². The highest BCUT2D eigenvalue weighted by atomic mass is 16.6. The van der Waals surface area contributed by atoms with Crippen molar-refractivity contribution in [3.8, 4) is 0 Å². The average molecular weight is 305 g/mol. The third-order valence-corrected chi connectivity index (χ3v) is 3.78. The van der Waals surface area contributed by atoms with Crippen LogP contribution in [0.2, 0.25) is 0 Å². The van der Waals surface area contributed by atoms with Crippen molar-refractivity contribution in [2.24, 2.45) is 5.92 Å². The lowest BCUT2D eigenvalue weighted by Gasteiger charge is -2.24. The highest BCUT2D eigenvalue weighted by molar-refractivity contribution is 5.68. The highest BCUT2D eigenvalue weighted by Crippen LogP contribution is 2.20. The monoisotopic (exact) mass is 305 g/mol. The van der Waals surface area contributed by atoms with Crippen molar-refractivity contribution in [2.45, 2.75) is 45.8 Å². The van der Waals surface area contributed by atoms with Gasteiger partial charge in [-0.3, -0.25) is 4.98 Å². The van der Waals surface area contributed by atoms with E-state index < -0.39 is 5.60 Å². The van der Waals surface area contributed by atoms with E-state index in [-0.39, 0.29) is 12.1 Å². The summed E-state index contributed by atoms with van der Waals surface area (Å²) in [5.41, 5.74) is 0.616. The van der Waals surface area contributed by atoms with Crippen molar-refractivity contribution in [1.29, 1.82) is 0 Å². The second kappa shape index (κ2) is 7.09. The topological polar surface area (TPSA) is 54.5 Å². The van der Waals surface area contributed by atoms with Crippen LogP contribution in [0.3, 0.4) is 0 Å². The van der Waals surface area contributed by atoms with E-state index in [2.05, 4.69) is 17.2 Å². The zero-order valence-electron chi connectivity index (χ0n) is 14.0. The van der Waals surface area contributed by atoms with Gasteiger partial charge >= 0.3 is 6.09 Å². The number of likely N-dealkylation sites (tertiary alicyclic amines) is 1. The van der Waals surface area contributed by atoms with Crippen LogP contribution in [-0.2, 0) is 4.74 Å². The third-order valence-electron chi connectivity index (χ3n) is 3.78. The first kappa shape index (κ1) is 16.7. The summed E-state index contributed by atoms with van der Waals surface area (Å²) in [6.45, 7) is 10.2. The quantitative estimate of drug-likeness (QED) is 0.929. The summed E-state index contributed by atoms with van der Waals surface area (Å²) in [7, 11) is 0. The number of hydrogen-bond acceptors (Lipinski definition) is 4. The molecule has 1 fully saturated rings. The Bertz CT molecular complexity index is 484. The first-order chi connectivity index (χ1) is 10.3. The molecule has 2 atom stereocenters. The van der Waals surface area contributed by atoms with Gasteiger partial charge < -0.3 is 15.0 Å². The summed E-state index contributed by atoms with van der Waals surface area (Å²) in [4.78, 5) is 18.2. The zero-order chi connectivity index (χ0) is 16.2. The molecule has 5 nitrogen and oxygen atoms in total. The van der Waals surface area contributed by atoms with Gasteiger partial charge in [0.05, 0.1) is 5.69 Å². The molecule has 5 heteroatoms. The molecule has 0 aliphatic carbocycles. The summed E-state index contributed by atoms with van der Waals surface area (Å²) in [6, 6.07) is 6.17. The molecule has 0 unspecified atom stereocenters. The predicted molar refractivity (Wildman–Crippen MR) is 86.6 cm³/mol. The van der Waals surface area contributed by atoms with Crippen molar-refractivity contribution in [3.05, 3.63) is 30.1 Å². The molecule has 0 aromatic carbocycles. The largest absolute Gasteiger partial charge is 0.444 e. The van der Waals surface area contributed by atoms with E-state index in [0.717, 1.165) is 31.7 Å².